The highest BCUT2D eigenvalue weighted by Gasteiger charge is 2.33. The predicted octanol–water partition coefficient (Wildman–Crippen LogP) is 5.08. The molecular formula is C19H14F3NO2. The summed E-state index contributed by atoms with van der Waals surface area (Å²) in [5.74, 6) is 5.90. The Labute approximate surface area is 142 Å². The van der Waals surface area contributed by atoms with Crippen LogP contribution in [0.25, 0.3) is 0 Å². The summed E-state index contributed by atoms with van der Waals surface area (Å²) in [6, 6.07) is 11.7. The monoisotopic (exact) mass is 345 g/mol. The zero-order valence-electron chi connectivity index (χ0n) is 13.1. The number of carbonyl (C=O) groups excluding carboxylic acids is 1. The van der Waals surface area contributed by atoms with Crippen molar-refractivity contribution in [3.05, 3.63) is 59.7 Å². The van der Waals surface area contributed by atoms with Crippen LogP contribution in [0, 0.1) is 17.8 Å². The highest BCUT2D eigenvalue weighted by molar-refractivity contribution is 5.86. The molecule has 25 heavy (non-hydrogen) atoms. The Bertz CT molecular complexity index is 831. The Kier molecular flexibility index (Phi) is 4.66. The van der Waals surface area contributed by atoms with Gasteiger partial charge in [-0.2, -0.15) is 13.2 Å². The maximum atomic E-state index is 13.1. The highest BCUT2D eigenvalue weighted by Crippen LogP contribution is 2.34. The number of ether oxygens (including phenoxy) is 1. The number of para-hydroxylation sites is 1. The Hall–Kier alpha value is -2.94. The van der Waals surface area contributed by atoms with Gasteiger partial charge in [-0.25, -0.2) is 4.79 Å². The lowest BCUT2D eigenvalue weighted by atomic mass is 10.1. The van der Waals surface area contributed by atoms with Gasteiger partial charge in [-0.15, -0.1) is 0 Å². The van der Waals surface area contributed by atoms with E-state index in [1.54, 1.807) is 30.3 Å². The third kappa shape index (κ3) is 4.77. The lowest BCUT2D eigenvalue weighted by molar-refractivity contribution is -0.137. The molecule has 0 unspecified atom stereocenters. The van der Waals surface area contributed by atoms with Crippen molar-refractivity contribution in [2.75, 3.05) is 5.32 Å². The lowest BCUT2D eigenvalue weighted by Gasteiger charge is -2.12. The molecule has 0 radical (unpaired) electrons. The van der Waals surface area contributed by atoms with Crippen LogP contribution in [0.3, 0.4) is 0 Å². The maximum Gasteiger partial charge on any atom is 0.417 e. The van der Waals surface area contributed by atoms with Crippen molar-refractivity contribution >= 4 is 11.8 Å². The van der Waals surface area contributed by atoms with Crippen molar-refractivity contribution in [2.45, 2.75) is 19.0 Å². The van der Waals surface area contributed by atoms with Gasteiger partial charge in [-0.3, -0.25) is 5.32 Å². The minimum Gasteiger partial charge on any atom is -0.410 e. The second-order valence-electron chi connectivity index (χ2n) is 5.63. The molecular weight excluding hydrogens is 331 g/mol. The van der Waals surface area contributed by atoms with Gasteiger partial charge >= 0.3 is 12.3 Å². The molecule has 0 aliphatic heterocycles. The number of rotatable bonds is 2. The van der Waals surface area contributed by atoms with E-state index >= 15 is 0 Å². The first-order valence-corrected chi connectivity index (χ1v) is 7.68. The fourth-order valence-electron chi connectivity index (χ4n) is 2.12. The summed E-state index contributed by atoms with van der Waals surface area (Å²) in [5.41, 5.74) is -0.784. The molecule has 0 spiro atoms. The van der Waals surface area contributed by atoms with Crippen LogP contribution in [0.15, 0.2) is 48.5 Å². The average molecular weight is 345 g/mol. The van der Waals surface area contributed by atoms with Crippen LogP contribution in [0.1, 0.15) is 24.0 Å². The van der Waals surface area contributed by atoms with E-state index in [-0.39, 0.29) is 17.2 Å². The molecule has 0 heterocycles. The molecule has 0 aromatic heterocycles. The van der Waals surface area contributed by atoms with Gasteiger partial charge in [0.25, 0.3) is 0 Å². The smallest absolute Gasteiger partial charge is 0.410 e. The Morgan fingerprint density at radius 3 is 2.48 bits per heavy atom. The summed E-state index contributed by atoms with van der Waals surface area (Å²) in [5, 5.41) is 2.42. The van der Waals surface area contributed by atoms with E-state index in [1.807, 2.05) is 0 Å². The second-order valence-corrected chi connectivity index (χ2v) is 5.63. The summed E-state index contributed by atoms with van der Waals surface area (Å²) in [4.78, 5) is 11.9. The van der Waals surface area contributed by atoms with Gasteiger partial charge in [-0.05, 0) is 43.2 Å². The van der Waals surface area contributed by atoms with Gasteiger partial charge in [0.05, 0.1) is 5.56 Å². The number of hydrogen-bond acceptors (Lipinski definition) is 2. The number of benzene rings is 2. The summed E-state index contributed by atoms with van der Waals surface area (Å²) in [6.07, 6.45) is -3.46. The number of amides is 1. The van der Waals surface area contributed by atoms with Crippen molar-refractivity contribution in [3.8, 4) is 17.6 Å². The zero-order chi connectivity index (χ0) is 17.9. The van der Waals surface area contributed by atoms with Crippen molar-refractivity contribution in [1.29, 1.82) is 0 Å². The van der Waals surface area contributed by atoms with Crippen LogP contribution < -0.4 is 10.1 Å². The van der Waals surface area contributed by atoms with Gasteiger partial charge in [0.1, 0.15) is 5.75 Å². The summed E-state index contributed by atoms with van der Waals surface area (Å²) >= 11 is 0. The molecule has 1 N–H and O–H groups in total. The van der Waals surface area contributed by atoms with E-state index in [4.69, 9.17) is 4.74 Å². The van der Waals surface area contributed by atoms with E-state index in [0.717, 1.165) is 18.9 Å². The Morgan fingerprint density at radius 2 is 1.84 bits per heavy atom. The van der Waals surface area contributed by atoms with Gasteiger partial charge < -0.3 is 4.74 Å². The summed E-state index contributed by atoms with van der Waals surface area (Å²) in [7, 11) is 0. The number of halogens is 3. The number of hydrogen-bond donors (Lipinski definition) is 1. The standard InChI is InChI=1S/C19H14F3NO2/c20-19(21,22)17-11-10-15(12-14(17)9-8-13-6-7-13)23-18(24)25-16-4-2-1-3-5-16/h1-5,10-13H,6-7H2,(H,23,24). The van der Waals surface area contributed by atoms with E-state index in [1.165, 1.54) is 12.1 Å². The molecule has 1 fully saturated rings. The first kappa shape index (κ1) is 16.9. The van der Waals surface area contributed by atoms with E-state index in [0.29, 0.717) is 5.75 Å². The molecule has 0 saturated heterocycles. The quantitative estimate of drug-likeness (QED) is 0.771. The predicted molar refractivity (Wildman–Crippen MR) is 87.1 cm³/mol. The molecule has 1 aliphatic rings. The van der Waals surface area contributed by atoms with E-state index in [9.17, 15) is 18.0 Å². The normalized spacial score (nSPS) is 13.6. The third-order valence-corrected chi connectivity index (χ3v) is 3.51. The van der Waals surface area contributed by atoms with Crippen LogP contribution >= 0.6 is 0 Å². The molecule has 3 nitrogen and oxygen atoms in total. The molecule has 6 heteroatoms. The van der Waals surface area contributed by atoms with Crippen molar-refractivity contribution < 1.29 is 22.7 Å². The Morgan fingerprint density at radius 1 is 1.12 bits per heavy atom. The Balaban J connectivity index is 1.78. The molecule has 128 valence electrons. The van der Waals surface area contributed by atoms with E-state index in [2.05, 4.69) is 17.2 Å². The van der Waals surface area contributed by atoms with Crippen molar-refractivity contribution in [1.82, 2.24) is 0 Å². The molecule has 3 rings (SSSR count). The molecule has 1 amide bonds. The number of nitrogens with one attached hydrogen (secondary N) is 1. The van der Waals surface area contributed by atoms with E-state index < -0.39 is 17.8 Å². The van der Waals surface area contributed by atoms with Crippen LogP contribution in [0.5, 0.6) is 5.75 Å². The SMILES string of the molecule is O=C(Nc1ccc(C(F)(F)F)c(C#CC2CC2)c1)Oc1ccccc1. The van der Waals surface area contributed by atoms with Crippen molar-refractivity contribution in [3.63, 3.8) is 0 Å². The third-order valence-electron chi connectivity index (χ3n) is 3.51. The van der Waals surface area contributed by atoms with Gasteiger partial charge in [0, 0.05) is 17.2 Å². The summed E-state index contributed by atoms with van der Waals surface area (Å²) in [6.45, 7) is 0. The minimum absolute atomic E-state index is 0.156. The van der Waals surface area contributed by atoms with Crippen LogP contribution in [-0.2, 0) is 6.18 Å². The fourth-order valence-corrected chi connectivity index (χ4v) is 2.12. The molecule has 1 saturated carbocycles. The fraction of sp³-hybridized carbons (Fsp3) is 0.211. The van der Waals surface area contributed by atoms with Gasteiger partial charge in [0.15, 0.2) is 0 Å². The second kappa shape index (κ2) is 6.89. The van der Waals surface area contributed by atoms with Gasteiger partial charge in [-0.1, -0.05) is 30.0 Å². The first-order valence-electron chi connectivity index (χ1n) is 7.68. The lowest BCUT2D eigenvalue weighted by Crippen LogP contribution is -2.17. The van der Waals surface area contributed by atoms with Crippen molar-refractivity contribution in [2.24, 2.45) is 5.92 Å². The highest BCUT2D eigenvalue weighted by atomic mass is 19.4. The average Bonchev–Trinajstić information content (AvgIpc) is 3.37. The van der Waals surface area contributed by atoms with Crippen LogP contribution in [-0.4, -0.2) is 6.09 Å². The molecule has 0 bridgehead atoms. The summed E-state index contributed by atoms with van der Waals surface area (Å²) < 4.78 is 44.3. The van der Waals surface area contributed by atoms with Crippen LogP contribution in [0.4, 0.5) is 23.7 Å². The largest absolute Gasteiger partial charge is 0.417 e. The minimum atomic E-state index is -4.50. The molecule has 2 aromatic carbocycles. The number of anilines is 1. The zero-order valence-corrected chi connectivity index (χ0v) is 13.1. The molecule has 0 atom stereocenters. The number of alkyl halides is 3. The molecule has 2 aromatic rings. The molecule has 1 aliphatic carbocycles. The topological polar surface area (TPSA) is 38.3 Å². The maximum absolute atomic E-state index is 13.1. The van der Waals surface area contributed by atoms with Gasteiger partial charge in [0.2, 0.25) is 0 Å². The van der Waals surface area contributed by atoms with Crippen LogP contribution in [0.2, 0.25) is 0 Å². The first-order chi connectivity index (χ1) is 11.9. The number of carbonyl (C=O) groups is 1.